The summed E-state index contributed by atoms with van der Waals surface area (Å²) in [7, 11) is 0. The highest BCUT2D eigenvalue weighted by atomic mass is 32.1. The number of nitrogens with zero attached hydrogens (tertiary/aromatic N) is 2. The molecule has 0 spiro atoms. The van der Waals surface area contributed by atoms with Crippen LogP contribution in [0.25, 0.3) is 0 Å². The Morgan fingerprint density at radius 2 is 2.19 bits per heavy atom. The first-order chi connectivity index (χ1) is 10.1. The van der Waals surface area contributed by atoms with Crippen LogP contribution in [0.3, 0.4) is 0 Å². The van der Waals surface area contributed by atoms with Gasteiger partial charge in [-0.25, -0.2) is 14.2 Å². The molecule has 0 aliphatic rings. The number of ether oxygens (including phenoxy) is 1. The predicted octanol–water partition coefficient (Wildman–Crippen LogP) is 3.21. The van der Waals surface area contributed by atoms with Crippen LogP contribution < -0.4 is 5.43 Å². The van der Waals surface area contributed by atoms with Crippen molar-refractivity contribution in [1.29, 1.82) is 0 Å². The van der Waals surface area contributed by atoms with Crippen LogP contribution in [0.2, 0.25) is 0 Å². The molecule has 7 heteroatoms. The number of anilines is 1. The number of hydrogen-bond acceptors (Lipinski definition) is 6. The quantitative estimate of drug-likeness (QED) is 0.523. The summed E-state index contributed by atoms with van der Waals surface area (Å²) in [6.45, 7) is 3.81. The van der Waals surface area contributed by atoms with Gasteiger partial charge in [-0.2, -0.15) is 5.10 Å². The number of aryl methyl sites for hydroxylation is 1. The van der Waals surface area contributed by atoms with E-state index in [0.717, 1.165) is 5.56 Å². The highest BCUT2D eigenvalue weighted by Gasteiger charge is 2.15. The fraction of sp³-hybridized carbons (Fsp3) is 0.214. The standard InChI is InChI=1S/C14H14FN3O2S/c1-3-20-13(19)12-9(2)17-14(21-12)18-16-8-10-4-6-11(15)7-5-10/h4-8H,3H2,1-2H3,(H,17,18). The van der Waals surface area contributed by atoms with Crippen LogP contribution in [-0.4, -0.2) is 23.8 Å². The maximum absolute atomic E-state index is 12.7. The van der Waals surface area contributed by atoms with E-state index in [1.165, 1.54) is 23.5 Å². The zero-order chi connectivity index (χ0) is 15.2. The molecule has 0 bridgehead atoms. The van der Waals surface area contributed by atoms with Gasteiger partial charge in [-0.15, -0.1) is 0 Å². The van der Waals surface area contributed by atoms with E-state index in [-0.39, 0.29) is 11.8 Å². The fourth-order valence-electron chi connectivity index (χ4n) is 1.54. The second-order valence-electron chi connectivity index (χ2n) is 4.08. The molecule has 2 aromatic rings. The molecule has 2 rings (SSSR count). The molecule has 0 amide bonds. The number of hydrogen-bond donors (Lipinski definition) is 1. The number of aromatic nitrogens is 1. The average Bonchev–Trinajstić information content (AvgIpc) is 2.82. The molecular weight excluding hydrogens is 293 g/mol. The summed E-state index contributed by atoms with van der Waals surface area (Å²) in [5.74, 6) is -0.683. The van der Waals surface area contributed by atoms with Gasteiger partial charge >= 0.3 is 5.97 Å². The molecular formula is C14H14FN3O2S. The molecule has 0 atom stereocenters. The number of carbonyl (C=O) groups is 1. The summed E-state index contributed by atoms with van der Waals surface area (Å²) in [5, 5.41) is 4.49. The average molecular weight is 307 g/mol. The van der Waals surface area contributed by atoms with E-state index in [0.29, 0.717) is 22.3 Å². The zero-order valence-electron chi connectivity index (χ0n) is 11.6. The van der Waals surface area contributed by atoms with Gasteiger partial charge < -0.3 is 4.74 Å². The minimum absolute atomic E-state index is 0.297. The van der Waals surface area contributed by atoms with Crippen molar-refractivity contribution >= 4 is 28.7 Å². The van der Waals surface area contributed by atoms with Crippen LogP contribution >= 0.6 is 11.3 Å². The van der Waals surface area contributed by atoms with Crippen LogP contribution in [-0.2, 0) is 4.74 Å². The largest absolute Gasteiger partial charge is 0.462 e. The molecule has 1 aromatic heterocycles. The summed E-state index contributed by atoms with van der Waals surface area (Å²) in [6.07, 6.45) is 1.54. The number of benzene rings is 1. The van der Waals surface area contributed by atoms with E-state index < -0.39 is 0 Å². The van der Waals surface area contributed by atoms with Gasteiger partial charge in [0.05, 0.1) is 18.5 Å². The van der Waals surface area contributed by atoms with Crippen molar-refractivity contribution < 1.29 is 13.9 Å². The third-order valence-corrected chi connectivity index (χ3v) is 3.54. The monoisotopic (exact) mass is 307 g/mol. The summed E-state index contributed by atoms with van der Waals surface area (Å²) in [6, 6.07) is 5.93. The highest BCUT2D eigenvalue weighted by molar-refractivity contribution is 7.17. The molecule has 0 unspecified atom stereocenters. The summed E-state index contributed by atoms with van der Waals surface area (Å²) >= 11 is 1.17. The first-order valence-electron chi connectivity index (χ1n) is 6.29. The molecule has 0 radical (unpaired) electrons. The lowest BCUT2D eigenvalue weighted by atomic mass is 10.2. The van der Waals surface area contributed by atoms with E-state index in [4.69, 9.17) is 4.74 Å². The first-order valence-corrected chi connectivity index (χ1v) is 7.11. The third-order valence-electron chi connectivity index (χ3n) is 2.50. The van der Waals surface area contributed by atoms with Crippen molar-refractivity contribution in [3.8, 4) is 0 Å². The summed E-state index contributed by atoms with van der Waals surface area (Å²) in [5.41, 5.74) is 4.09. The number of esters is 1. The molecule has 110 valence electrons. The van der Waals surface area contributed by atoms with Crippen LogP contribution in [0, 0.1) is 12.7 Å². The molecule has 5 nitrogen and oxygen atoms in total. The number of thiazole rings is 1. The van der Waals surface area contributed by atoms with Crippen molar-refractivity contribution in [2.75, 3.05) is 12.0 Å². The summed E-state index contributed by atoms with van der Waals surface area (Å²) < 4.78 is 17.7. The lowest BCUT2D eigenvalue weighted by Gasteiger charge is -1.97. The Kier molecular flexibility index (Phi) is 4.99. The second-order valence-corrected chi connectivity index (χ2v) is 5.07. The van der Waals surface area contributed by atoms with Crippen LogP contribution in [0.4, 0.5) is 9.52 Å². The van der Waals surface area contributed by atoms with Crippen LogP contribution in [0.1, 0.15) is 27.9 Å². The molecule has 0 aliphatic carbocycles. The minimum atomic E-state index is -0.386. The molecule has 0 aliphatic heterocycles. The fourth-order valence-corrected chi connectivity index (χ4v) is 2.35. The Labute approximate surface area is 125 Å². The molecule has 1 aromatic carbocycles. The molecule has 0 fully saturated rings. The van der Waals surface area contributed by atoms with E-state index in [1.807, 2.05) is 0 Å². The van der Waals surface area contributed by atoms with E-state index in [2.05, 4.69) is 15.5 Å². The van der Waals surface area contributed by atoms with Gasteiger partial charge in [0.15, 0.2) is 0 Å². The number of carbonyl (C=O) groups excluding carboxylic acids is 1. The maximum atomic E-state index is 12.7. The van der Waals surface area contributed by atoms with Crippen molar-refractivity contribution in [2.24, 2.45) is 5.10 Å². The first kappa shape index (κ1) is 15.1. The van der Waals surface area contributed by atoms with Crippen molar-refractivity contribution in [3.63, 3.8) is 0 Å². The number of rotatable bonds is 5. The van der Waals surface area contributed by atoms with Crippen molar-refractivity contribution in [1.82, 2.24) is 4.98 Å². The highest BCUT2D eigenvalue weighted by Crippen LogP contribution is 2.23. The van der Waals surface area contributed by atoms with E-state index in [9.17, 15) is 9.18 Å². The normalized spacial score (nSPS) is 10.8. The smallest absolute Gasteiger partial charge is 0.350 e. The van der Waals surface area contributed by atoms with Gasteiger partial charge in [-0.05, 0) is 31.5 Å². The SMILES string of the molecule is CCOC(=O)c1sc(NN=Cc2ccc(F)cc2)nc1C. The topological polar surface area (TPSA) is 63.6 Å². The van der Waals surface area contributed by atoms with Gasteiger partial charge in [0.1, 0.15) is 10.7 Å². The predicted molar refractivity (Wildman–Crippen MR) is 80.4 cm³/mol. The van der Waals surface area contributed by atoms with Gasteiger partial charge in [-0.1, -0.05) is 23.5 Å². The number of halogens is 1. The molecule has 1 heterocycles. The lowest BCUT2D eigenvalue weighted by Crippen LogP contribution is -2.03. The summed E-state index contributed by atoms with van der Waals surface area (Å²) in [4.78, 5) is 16.3. The third kappa shape index (κ3) is 4.09. The van der Waals surface area contributed by atoms with E-state index in [1.54, 1.807) is 32.2 Å². The van der Waals surface area contributed by atoms with Gasteiger partial charge in [0, 0.05) is 0 Å². The second kappa shape index (κ2) is 6.94. The van der Waals surface area contributed by atoms with Gasteiger partial charge in [-0.3, -0.25) is 5.43 Å². The maximum Gasteiger partial charge on any atom is 0.350 e. The zero-order valence-corrected chi connectivity index (χ0v) is 12.4. The number of hydrazone groups is 1. The number of nitrogens with one attached hydrogen (secondary N) is 1. The Morgan fingerprint density at radius 3 is 2.86 bits per heavy atom. The Balaban J connectivity index is 2.02. The Hall–Kier alpha value is -2.28. The lowest BCUT2D eigenvalue weighted by molar-refractivity contribution is 0.0531. The van der Waals surface area contributed by atoms with Gasteiger partial charge in [0.2, 0.25) is 5.13 Å². The minimum Gasteiger partial charge on any atom is -0.462 e. The molecule has 0 saturated heterocycles. The van der Waals surface area contributed by atoms with Crippen molar-refractivity contribution in [2.45, 2.75) is 13.8 Å². The molecule has 0 saturated carbocycles. The van der Waals surface area contributed by atoms with Crippen LogP contribution in [0.15, 0.2) is 29.4 Å². The van der Waals surface area contributed by atoms with Gasteiger partial charge in [0.25, 0.3) is 0 Å². The van der Waals surface area contributed by atoms with E-state index >= 15 is 0 Å². The Bertz CT molecular complexity index is 653. The Morgan fingerprint density at radius 1 is 1.48 bits per heavy atom. The molecule has 21 heavy (non-hydrogen) atoms. The molecule has 1 N–H and O–H groups in total. The van der Waals surface area contributed by atoms with Crippen LogP contribution in [0.5, 0.6) is 0 Å². The van der Waals surface area contributed by atoms with Crippen molar-refractivity contribution in [3.05, 3.63) is 46.2 Å².